The Morgan fingerprint density at radius 1 is 1.11 bits per heavy atom. The van der Waals surface area contributed by atoms with Gasteiger partial charge in [-0.15, -0.1) is 0 Å². The second-order valence-electron chi connectivity index (χ2n) is 9.80. The fourth-order valence-corrected chi connectivity index (χ4v) is 4.07. The standard InChI is InChI=1S/C25H34N2/c1-17-13-23-22(18(2)15-25(6,7)27(23)8)14-19(17)16-26-21-11-9-20(10-12-21)24(3,4)5/h9-14,16,18H,15H2,1-8H3. The number of nitrogens with zero attached hydrogens (tertiary/aromatic N) is 2. The van der Waals surface area contributed by atoms with E-state index in [0.717, 1.165) is 5.69 Å². The summed E-state index contributed by atoms with van der Waals surface area (Å²) in [5.74, 6) is 0.560. The first kappa shape index (κ1) is 19.7. The van der Waals surface area contributed by atoms with Gasteiger partial charge in [-0.25, -0.2) is 0 Å². The number of hydrogen-bond donors (Lipinski definition) is 0. The van der Waals surface area contributed by atoms with Crippen LogP contribution in [0, 0.1) is 6.92 Å². The average Bonchev–Trinajstić information content (AvgIpc) is 2.57. The Labute approximate surface area is 165 Å². The molecule has 1 heterocycles. The van der Waals surface area contributed by atoms with E-state index in [4.69, 9.17) is 4.99 Å². The van der Waals surface area contributed by atoms with Crippen molar-refractivity contribution in [2.45, 2.75) is 71.8 Å². The van der Waals surface area contributed by atoms with Gasteiger partial charge in [0.15, 0.2) is 0 Å². The van der Waals surface area contributed by atoms with Gasteiger partial charge < -0.3 is 4.90 Å². The third-order valence-corrected chi connectivity index (χ3v) is 6.11. The van der Waals surface area contributed by atoms with E-state index in [0.29, 0.717) is 5.92 Å². The summed E-state index contributed by atoms with van der Waals surface area (Å²) in [7, 11) is 2.22. The molecule has 2 aromatic rings. The van der Waals surface area contributed by atoms with Gasteiger partial charge in [-0.3, -0.25) is 4.99 Å². The second kappa shape index (κ2) is 6.82. The molecule has 0 saturated carbocycles. The lowest BCUT2D eigenvalue weighted by Crippen LogP contribution is -2.45. The third kappa shape index (κ3) is 3.95. The molecule has 2 nitrogen and oxygen atoms in total. The number of aliphatic imine (C=N–C) groups is 1. The van der Waals surface area contributed by atoms with Gasteiger partial charge >= 0.3 is 0 Å². The smallest absolute Gasteiger partial charge is 0.0630 e. The van der Waals surface area contributed by atoms with E-state index in [1.54, 1.807) is 0 Å². The molecule has 0 bridgehead atoms. The van der Waals surface area contributed by atoms with Crippen LogP contribution in [-0.2, 0) is 5.41 Å². The molecule has 1 atom stereocenters. The minimum absolute atomic E-state index is 0.174. The van der Waals surface area contributed by atoms with E-state index in [1.807, 2.05) is 6.21 Å². The maximum absolute atomic E-state index is 4.74. The number of benzene rings is 2. The zero-order chi connectivity index (χ0) is 20.0. The summed E-state index contributed by atoms with van der Waals surface area (Å²) < 4.78 is 0. The highest BCUT2D eigenvalue weighted by atomic mass is 15.2. The Balaban J connectivity index is 1.90. The van der Waals surface area contributed by atoms with Gasteiger partial charge in [0.1, 0.15) is 0 Å². The van der Waals surface area contributed by atoms with Gasteiger partial charge in [-0.05, 0) is 85.0 Å². The fourth-order valence-electron chi connectivity index (χ4n) is 4.07. The number of hydrogen-bond acceptors (Lipinski definition) is 2. The Morgan fingerprint density at radius 2 is 1.74 bits per heavy atom. The topological polar surface area (TPSA) is 15.6 Å². The molecular formula is C25H34N2. The summed E-state index contributed by atoms with van der Waals surface area (Å²) in [6.45, 7) is 15.9. The first-order chi connectivity index (χ1) is 12.5. The minimum Gasteiger partial charge on any atom is -0.369 e. The van der Waals surface area contributed by atoms with Crippen LogP contribution in [0.2, 0.25) is 0 Å². The molecule has 0 radical (unpaired) electrons. The van der Waals surface area contributed by atoms with Crippen LogP contribution in [0.1, 0.15) is 76.1 Å². The number of fused-ring (bicyclic) bond motifs is 1. The van der Waals surface area contributed by atoms with Crippen LogP contribution < -0.4 is 4.90 Å². The van der Waals surface area contributed by atoms with Crippen LogP contribution in [0.3, 0.4) is 0 Å². The molecule has 1 unspecified atom stereocenters. The molecule has 0 aromatic heterocycles. The summed E-state index contributed by atoms with van der Waals surface area (Å²) in [4.78, 5) is 7.18. The maximum Gasteiger partial charge on any atom is 0.0630 e. The molecule has 3 rings (SSSR count). The van der Waals surface area contributed by atoms with Crippen LogP contribution in [0.5, 0.6) is 0 Å². The summed E-state index contributed by atoms with van der Waals surface area (Å²) in [6.07, 6.45) is 3.19. The van der Waals surface area contributed by atoms with Crippen molar-refractivity contribution >= 4 is 17.6 Å². The van der Waals surface area contributed by atoms with Crippen LogP contribution in [0.15, 0.2) is 41.4 Å². The lowest BCUT2D eigenvalue weighted by atomic mass is 9.79. The average molecular weight is 363 g/mol. The van der Waals surface area contributed by atoms with Crippen molar-refractivity contribution in [3.63, 3.8) is 0 Å². The second-order valence-corrected chi connectivity index (χ2v) is 9.80. The van der Waals surface area contributed by atoms with E-state index in [9.17, 15) is 0 Å². The Morgan fingerprint density at radius 3 is 2.33 bits per heavy atom. The van der Waals surface area contributed by atoms with E-state index < -0.39 is 0 Å². The molecule has 27 heavy (non-hydrogen) atoms. The van der Waals surface area contributed by atoms with Crippen molar-refractivity contribution in [2.24, 2.45) is 4.99 Å². The first-order valence-electron chi connectivity index (χ1n) is 10.0. The molecule has 0 saturated heterocycles. The van der Waals surface area contributed by atoms with Crippen molar-refractivity contribution in [3.05, 3.63) is 58.7 Å². The highest BCUT2D eigenvalue weighted by molar-refractivity contribution is 5.86. The van der Waals surface area contributed by atoms with Gasteiger partial charge in [0.2, 0.25) is 0 Å². The predicted octanol–water partition coefficient (Wildman–Crippen LogP) is 6.77. The molecule has 0 fully saturated rings. The van der Waals surface area contributed by atoms with Crippen molar-refractivity contribution < 1.29 is 0 Å². The number of rotatable bonds is 2. The molecule has 0 aliphatic carbocycles. The van der Waals surface area contributed by atoms with Gasteiger partial charge in [0, 0.05) is 24.5 Å². The molecule has 2 heteroatoms. The molecule has 1 aliphatic rings. The SMILES string of the molecule is Cc1cc2c(cc1C=Nc1ccc(C(C)(C)C)cc1)C(C)CC(C)(C)N2C. The maximum atomic E-state index is 4.74. The van der Waals surface area contributed by atoms with Crippen LogP contribution in [0.4, 0.5) is 11.4 Å². The fraction of sp³-hybridized carbons (Fsp3) is 0.480. The van der Waals surface area contributed by atoms with Crippen molar-refractivity contribution in [1.29, 1.82) is 0 Å². The summed E-state index contributed by atoms with van der Waals surface area (Å²) in [5, 5.41) is 0. The van der Waals surface area contributed by atoms with Crippen molar-refractivity contribution in [1.82, 2.24) is 0 Å². The van der Waals surface area contributed by atoms with Gasteiger partial charge in [0.25, 0.3) is 0 Å². The zero-order valence-corrected chi connectivity index (χ0v) is 18.2. The van der Waals surface area contributed by atoms with Crippen LogP contribution in [0.25, 0.3) is 0 Å². The Kier molecular flexibility index (Phi) is 4.96. The molecular weight excluding hydrogens is 328 g/mol. The molecule has 144 valence electrons. The summed E-state index contributed by atoms with van der Waals surface area (Å²) >= 11 is 0. The summed E-state index contributed by atoms with van der Waals surface area (Å²) in [6, 6.07) is 13.3. The molecule has 0 N–H and O–H groups in total. The van der Waals surface area contributed by atoms with Gasteiger partial charge in [-0.2, -0.15) is 0 Å². The van der Waals surface area contributed by atoms with Crippen molar-refractivity contribution in [2.75, 3.05) is 11.9 Å². The van der Waals surface area contributed by atoms with E-state index in [-0.39, 0.29) is 11.0 Å². The molecule has 0 spiro atoms. The molecule has 0 amide bonds. The van der Waals surface area contributed by atoms with Crippen LogP contribution >= 0.6 is 0 Å². The largest absolute Gasteiger partial charge is 0.369 e. The number of anilines is 1. The Hall–Kier alpha value is -2.09. The van der Waals surface area contributed by atoms with Gasteiger partial charge in [-0.1, -0.05) is 39.8 Å². The normalized spacial score (nSPS) is 19.4. The minimum atomic E-state index is 0.174. The third-order valence-electron chi connectivity index (χ3n) is 6.11. The lowest BCUT2D eigenvalue weighted by molar-refractivity contribution is 0.395. The Bertz CT molecular complexity index is 851. The van der Waals surface area contributed by atoms with Gasteiger partial charge in [0.05, 0.1) is 5.69 Å². The van der Waals surface area contributed by atoms with E-state index in [1.165, 1.54) is 34.4 Å². The van der Waals surface area contributed by atoms with E-state index in [2.05, 4.69) is 96.8 Å². The summed E-state index contributed by atoms with van der Waals surface area (Å²) in [5.41, 5.74) is 8.01. The zero-order valence-electron chi connectivity index (χ0n) is 18.2. The monoisotopic (exact) mass is 362 g/mol. The van der Waals surface area contributed by atoms with Crippen molar-refractivity contribution in [3.8, 4) is 0 Å². The van der Waals surface area contributed by atoms with Crippen LogP contribution in [-0.4, -0.2) is 18.8 Å². The molecule has 1 aliphatic heterocycles. The predicted molar refractivity (Wildman–Crippen MR) is 119 cm³/mol. The quantitative estimate of drug-likeness (QED) is 0.539. The lowest BCUT2D eigenvalue weighted by Gasteiger charge is -2.45. The highest BCUT2D eigenvalue weighted by Gasteiger charge is 2.34. The van der Waals surface area contributed by atoms with E-state index >= 15 is 0 Å². The first-order valence-corrected chi connectivity index (χ1v) is 10.0. The number of aryl methyl sites for hydroxylation is 1. The highest BCUT2D eigenvalue weighted by Crippen LogP contribution is 2.43. The molecule has 2 aromatic carbocycles.